The zero-order valence-electron chi connectivity index (χ0n) is 60.9. The Morgan fingerprint density at radius 2 is 0.870 bits per heavy atom. The number of rotatable bonds is 20. The maximum atomic E-state index is 15.3. The Morgan fingerprint density at radius 1 is 0.467 bits per heavy atom. The number of carbonyl (C=O) groups excluding carboxylic acids is 11. The van der Waals surface area contributed by atoms with Gasteiger partial charge in [-0.1, -0.05) is 109 Å². The minimum atomic E-state index is -1.65. The molecule has 0 aromatic carbocycles. The van der Waals surface area contributed by atoms with Crippen LogP contribution in [0.5, 0.6) is 0 Å². The standard InChI is InChI=1S/C67H122N12O13/c1-27-29-30-44(15)56(80)55-60(84)70-47(28-2)62(86)77(24)52(37-92-32-31-72(18)19)65(89)73(20)49(34-39(5)6)59(83)71-53(42(11)12)66(90)74(21)48(33-38(3)4)58(82)68-45(16)57(81)69-46(17)61(85)75(22)50(35-40(7)8)63(87)76(23)51(36-41(9)10)64(88)78(25)54(43(13)14)67(91)79(55)26/h27,29,38-56,80H,28,30-37H2,1-26H3,(H,68,82)(H,69,81)(H,70,84)(H,71,83)/t44-,45+,46-,47+,48+,49+,50+,51+,52-,53+,54+,55+,56-/m1/s1. The molecule has 0 saturated carbocycles. The van der Waals surface area contributed by atoms with Crippen molar-refractivity contribution in [3.05, 3.63) is 12.2 Å². The molecule has 92 heavy (non-hydrogen) atoms. The number of aliphatic hydroxyl groups excluding tert-OH is 1. The highest BCUT2D eigenvalue weighted by Gasteiger charge is 2.46. The van der Waals surface area contributed by atoms with Crippen molar-refractivity contribution >= 4 is 65.0 Å². The number of hydrogen-bond donors (Lipinski definition) is 5. The number of aliphatic hydroxyl groups is 1. The SMILES string of the molecule is CC=CC[C@@H](C)[C@@H](O)[C@H]1C(=O)N[C@@H](CC)C(=O)N(C)[C@H](COCCN(C)C)C(=O)N(C)[C@@H](CC(C)C)C(=O)N[C@@H](C(C)C)C(=O)N(C)[C@@H](CC(C)C)C(=O)N[C@@H](C)C(=O)N[C@H](C)C(=O)N(C)[C@@H](CC(C)C)C(=O)N(C)[C@@H](CC(C)C)C(=O)N(C)[C@@H](C(C)C)C(=O)N1C. The summed E-state index contributed by atoms with van der Waals surface area (Å²) in [7, 11) is 13.6. The average molecular weight is 1300 g/mol. The topological polar surface area (TPSA) is 291 Å². The van der Waals surface area contributed by atoms with Crippen molar-refractivity contribution in [2.75, 3.05) is 83.2 Å². The van der Waals surface area contributed by atoms with Crippen molar-refractivity contribution in [3.8, 4) is 0 Å². The van der Waals surface area contributed by atoms with Crippen LogP contribution >= 0.6 is 0 Å². The van der Waals surface area contributed by atoms with Gasteiger partial charge in [-0.25, -0.2) is 0 Å². The zero-order chi connectivity index (χ0) is 71.3. The highest BCUT2D eigenvalue weighted by atomic mass is 16.5. The quantitative estimate of drug-likeness (QED) is 0.0865. The van der Waals surface area contributed by atoms with Crippen LogP contribution in [-0.4, -0.2) is 265 Å². The number of ether oxygens (including phenoxy) is 1. The van der Waals surface area contributed by atoms with E-state index in [9.17, 15) is 29.1 Å². The average Bonchev–Trinajstić information content (AvgIpc) is 0.861. The zero-order valence-corrected chi connectivity index (χ0v) is 60.9. The maximum absolute atomic E-state index is 15.3. The molecule has 1 saturated heterocycles. The Labute approximate surface area is 551 Å². The summed E-state index contributed by atoms with van der Waals surface area (Å²) in [4.78, 5) is 174. The third-order valence-electron chi connectivity index (χ3n) is 17.3. The smallest absolute Gasteiger partial charge is 0.248 e. The molecule has 0 aromatic rings. The second kappa shape index (κ2) is 38.8. The molecular formula is C67H122N12O13. The number of nitrogens with zero attached hydrogens (tertiary/aromatic N) is 8. The molecule has 0 spiro atoms. The number of likely N-dealkylation sites (N-methyl/N-ethyl adjacent to an activating group) is 8. The van der Waals surface area contributed by atoms with E-state index in [1.54, 1.807) is 54.5 Å². The minimum Gasteiger partial charge on any atom is -0.390 e. The third kappa shape index (κ3) is 24.0. The van der Waals surface area contributed by atoms with Gasteiger partial charge in [0.2, 0.25) is 65.0 Å². The monoisotopic (exact) mass is 1300 g/mol. The molecule has 0 aliphatic carbocycles. The van der Waals surface area contributed by atoms with Gasteiger partial charge in [-0.2, -0.15) is 0 Å². The van der Waals surface area contributed by atoms with Crippen molar-refractivity contribution < 1.29 is 62.6 Å². The summed E-state index contributed by atoms with van der Waals surface area (Å²) in [6.07, 6.45) is 2.86. The molecule has 1 fully saturated rings. The van der Waals surface area contributed by atoms with Gasteiger partial charge in [0.1, 0.15) is 66.5 Å². The van der Waals surface area contributed by atoms with E-state index in [1.807, 2.05) is 80.5 Å². The lowest BCUT2D eigenvalue weighted by Gasteiger charge is -2.41. The molecule has 0 radical (unpaired) electrons. The molecule has 0 bridgehead atoms. The molecule has 1 aliphatic heterocycles. The summed E-state index contributed by atoms with van der Waals surface area (Å²) in [6.45, 7) is 30.1. The number of allylic oxidation sites excluding steroid dienone is 2. The van der Waals surface area contributed by atoms with E-state index in [2.05, 4.69) is 21.3 Å². The first-order chi connectivity index (χ1) is 42.5. The highest BCUT2D eigenvalue weighted by molar-refractivity contribution is 6.00. The van der Waals surface area contributed by atoms with Crippen LogP contribution in [0.3, 0.4) is 0 Å². The third-order valence-corrected chi connectivity index (χ3v) is 17.3. The molecule has 13 atom stereocenters. The van der Waals surface area contributed by atoms with E-state index in [1.165, 1.54) is 87.7 Å². The van der Waals surface area contributed by atoms with Gasteiger partial charge in [-0.15, -0.1) is 0 Å². The van der Waals surface area contributed by atoms with Crippen LogP contribution in [-0.2, 0) is 57.5 Å². The normalized spacial score (nSPS) is 26.7. The summed E-state index contributed by atoms with van der Waals surface area (Å²) < 4.78 is 6.08. The van der Waals surface area contributed by atoms with Crippen LogP contribution in [0, 0.1) is 41.4 Å². The summed E-state index contributed by atoms with van der Waals surface area (Å²) in [5.41, 5.74) is 0. The lowest BCUT2D eigenvalue weighted by molar-refractivity contribution is -0.157. The van der Waals surface area contributed by atoms with Crippen LogP contribution in [0.1, 0.15) is 156 Å². The van der Waals surface area contributed by atoms with Gasteiger partial charge < -0.3 is 70.3 Å². The number of nitrogens with one attached hydrogen (secondary N) is 4. The van der Waals surface area contributed by atoms with E-state index in [0.717, 1.165) is 9.80 Å². The van der Waals surface area contributed by atoms with Crippen LogP contribution in [0.15, 0.2) is 12.2 Å². The van der Waals surface area contributed by atoms with Crippen molar-refractivity contribution in [2.24, 2.45) is 41.4 Å². The second-order valence-corrected chi connectivity index (χ2v) is 28.2. The van der Waals surface area contributed by atoms with Gasteiger partial charge in [0.25, 0.3) is 0 Å². The molecular weight excluding hydrogens is 1180 g/mol. The molecule has 25 heteroatoms. The molecule has 25 nitrogen and oxygen atoms in total. The summed E-state index contributed by atoms with van der Waals surface area (Å²) in [6, 6.07) is -14.1. The first kappa shape index (κ1) is 83.8. The first-order valence-electron chi connectivity index (χ1n) is 33.1. The predicted molar refractivity (Wildman–Crippen MR) is 357 cm³/mol. The van der Waals surface area contributed by atoms with E-state index >= 15 is 28.8 Å². The van der Waals surface area contributed by atoms with Crippen molar-refractivity contribution in [2.45, 2.75) is 229 Å². The molecule has 0 aromatic heterocycles. The Hall–Kier alpha value is -6.21. The number of hydrogen-bond acceptors (Lipinski definition) is 14. The molecule has 0 unspecified atom stereocenters. The molecule has 1 heterocycles. The molecule has 528 valence electrons. The van der Waals surface area contributed by atoms with Gasteiger partial charge in [-0.05, 0) is 115 Å². The molecule has 5 N–H and O–H groups in total. The predicted octanol–water partition coefficient (Wildman–Crippen LogP) is 3.22. The van der Waals surface area contributed by atoms with Crippen LogP contribution in [0.2, 0.25) is 0 Å². The largest absolute Gasteiger partial charge is 0.390 e. The van der Waals surface area contributed by atoms with Crippen molar-refractivity contribution in [1.82, 2.24) is 60.5 Å². The van der Waals surface area contributed by atoms with Crippen LogP contribution in [0.4, 0.5) is 0 Å². The Balaban J connectivity index is 4.53. The van der Waals surface area contributed by atoms with Gasteiger partial charge >= 0.3 is 0 Å². The van der Waals surface area contributed by atoms with Crippen LogP contribution < -0.4 is 21.3 Å². The summed E-state index contributed by atoms with van der Waals surface area (Å²) >= 11 is 0. The van der Waals surface area contributed by atoms with Gasteiger partial charge in [-0.3, -0.25) is 52.7 Å². The summed E-state index contributed by atoms with van der Waals surface area (Å²) in [5, 5.41) is 23.4. The fraction of sp³-hybridized carbons (Fsp3) is 0.806. The van der Waals surface area contributed by atoms with E-state index in [-0.39, 0.29) is 69.0 Å². The van der Waals surface area contributed by atoms with E-state index in [0.29, 0.717) is 13.0 Å². The van der Waals surface area contributed by atoms with Gasteiger partial charge in [0.15, 0.2) is 0 Å². The number of amides is 11. The van der Waals surface area contributed by atoms with Gasteiger partial charge in [0, 0.05) is 55.9 Å². The molecule has 11 amide bonds. The Kier molecular flexibility index (Phi) is 35.4. The lowest BCUT2D eigenvalue weighted by Crippen LogP contribution is -2.64. The lowest BCUT2D eigenvalue weighted by atomic mass is 9.91. The van der Waals surface area contributed by atoms with E-state index < -0.39 is 155 Å². The van der Waals surface area contributed by atoms with Crippen LogP contribution in [0.25, 0.3) is 0 Å². The van der Waals surface area contributed by atoms with Gasteiger partial charge in [0.05, 0.1) is 19.3 Å². The Bertz CT molecular complexity index is 2490. The minimum absolute atomic E-state index is 0.0245. The fourth-order valence-electron chi connectivity index (χ4n) is 11.4. The highest BCUT2D eigenvalue weighted by Crippen LogP contribution is 2.26. The summed E-state index contributed by atoms with van der Waals surface area (Å²) in [5.74, 6) is -10.1. The number of carbonyl (C=O) groups is 11. The molecule has 1 aliphatic rings. The van der Waals surface area contributed by atoms with E-state index in [4.69, 9.17) is 4.74 Å². The second-order valence-electron chi connectivity index (χ2n) is 28.2. The molecule has 1 rings (SSSR count). The fourth-order valence-corrected chi connectivity index (χ4v) is 11.4. The van der Waals surface area contributed by atoms with Crippen molar-refractivity contribution in [3.63, 3.8) is 0 Å². The van der Waals surface area contributed by atoms with Crippen molar-refractivity contribution in [1.29, 1.82) is 0 Å². The maximum Gasteiger partial charge on any atom is 0.248 e. The Morgan fingerprint density at radius 3 is 1.32 bits per heavy atom. The first-order valence-corrected chi connectivity index (χ1v) is 33.1.